The van der Waals surface area contributed by atoms with E-state index < -0.39 is 0 Å². The molecule has 2 heterocycles. The van der Waals surface area contributed by atoms with Crippen molar-refractivity contribution in [2.24, 2.45) is 0 Å². The van der Waals surface area contributed by atoms with E-state index in [1.807, 2.05) is 37.3 Å². The summed E-state index contributed by atoms with van der Waals surface area (Å²) in [5.74, 6) is 1.16. The highest BCUT2D eigenvalue weighted by molar-refractivity contribution is 8.00. The van der Waals surface area contributed by atoms with Gasteiger partial charge in [-0.2, -0.15) is 0 Å². The van der Waals surface area contributed by atoms with Gasteiger partial charge in [-0.05, 0) is 35.0 Å². The Hall–Kier alpha value is -3.07. The molecule has 0 saturated heterocycles. The molecule has 138 valence electrons. The summed E-state index contributed by atoms with van der Waals surface area (Å²) in [5, 5.41) is 14.9. The molecule has 27 heavy (non-hydrogen) atoms. The van der Waals surface area contributed by atoms with Gasteiger partial charge in [-0.3, -0.25) is 4.79 Å². The Balaban J connectivity index is 1.40. The Labute approximate surface area is 159 Å². The van der Waals surface area contributed by atoms with Crippen LogP contribution >= 0.6 is 11.8 Å². The number of aromatic nitrogens is 4. The Bertz CT molecular complexity index is 947. The third kappa shape index (κ3) is 4.03. The summed E-state index contributed by atoms with van der Waals surface area (Å²) >= 11 is 1.31. The summed E-state index contributed by atoms with van der Waals surface area (Å²) in [6.45, 7) is 2.56. The standard InChI is InChI=1S/C18H17N5O3S/c1-12(17(24)19-14-7-8-15-16(9-14)26-11-25-15)27-18-20-21-22-23(18)10-13-5-3-2-4-6-13/h2-9,12H,10-11H2,1H3,(H,19,24). The van der Waals surface area contributed by atoms with Crippen molar-refractivity contribution in [2.75, 3.05) is 12.1 Å². The molecule has 4 rings (SSSR count). The second kappa shape index (κ2) is 7.67. The van der Waals surface area contributed by atoms with Crippen LogP contribution in [0.25, 0.3) is 0 Å². The Morgan fingerprint density at radius 1 is 1.22 bits per heavy atom. The van der Waals surface area contributed by atoms with Crippen LogP contribution in [0.5, 0.6) is 11.5 Å². The number of ether oxygens (including phenoxy) is 2. The second-order valence-electron chi connectivity index (χ2n) is 5.92. The van der Waals surface area contributed by atoms with E-state index in [4.69, 9.17) is 9.47 Å². The van der Waals surface area contributed by atoms with Crippen LogP contribution in [0.3, 0.4) is 0 Å². The highest BCUT2D eigenvalue weighted by atomic mass is 32.2. The largest absolute Gasteiger partial charge is 0.454 e. The minimum atomic E-state index is -0.379. The van der Waals surface area contributed by atoms with Gasteiger partial charge in [0.1, 0.15) is 0 Å². The molecular weight excluding hydrogens is 366 g/mol. The summed E-state index contributed by atoms with van der Waals surface area (Å²) in [5.41, 5.74) is 1.74. The number of fused-ring (bicyclic) bond motifs is 1. The van der Waals surface area contributed by atoms with Crippen LogP contribution < -0.4 is 14.8 Å². The van der Waals surface area contributed by atoms with Gasteiger partial charge in [-0.1, -0.05) is 42.1 Å². The van der Waals surface area contributed by atoms with E-state index in [0.717, 1.165) is 5.56 Å². The number of tetrazole rings is 1. The smallest absolute Gasteiger partial charge is 0.237 e. The lowest BCUT2D eigenvalue weighted by Gasteiger charge is -2.12. The van der Waals surface area contributed by atoms with Crippen molar-refractivity contribution >= 4 is 23.4 Å². The average Bonchev–Trinajstić information content (AvgIpc) is 3.31. The van der Waals surface area contributed by atoms with Gasteiger partial charge in [0.25, 0.3) is 0 Å². The zero-order valence-electron chi connectivity index (χ0n) is 14.5. The number of carbonyl (C=O) groups excluding carboxylic acids is 1. The number of amides is 1. The number of thioether (sulfide) groups is 1. The summed E-state index contributed by atoms with van der Waals surface area (Å²) in [6.07, 6.45) is 0. The van der Waals surface area contributed by atoms with Gasteiger partial charge in [-0.15, -0.1) is 5.10 Å². The first-order valence-electron chi connectivity index (χ1n) is 8.36. The average molecular weight is 383 g/mol. The van der Waals surface area contributed by atoms with Crippen molar-refractivity contribution in [3.8, 4) is 11.5 Å². The van der Waals surface area contributed by atoms with Gasteiger partial charge in [0.2, 0.25) is 17.9 Å². The summed E-state index contributed by atoms with van der Waals surface area (Å²) in [7, 11) is 0. The van der Waals surface area contributed by atoms with E-state index in [9.17, 15) is 4.79 Å². The molecule has 1 aliphatic heterocycles. The van der Waals surface area contributed by atoms with E-state index >= 15 is 0 Å². The first-order chi connectivity index (χ1) is 13.2. The van der Waals surface area contributed by atoms with Gasteiger partial charge in [0.15, 0.2) is 11.5 Å². The predicted molar refractivity (Wildman–Crippen MR) is 99.9 cm³/mol. The lowest BCUT2D eigenvalue weighted by Crippen LogP contribution is -2.23. The molecule has 8 nitrogen and oxygen atoms in total. The van der Waals surface area contributed by atoms with E-state index in [0.29, 0.717) is 28.9 Å². The van der Waals surface area contributed by atoms with Crippen LogP contribution in [0.4, 0.5) is 5.69 Å². The zero-order valence-corrected chi connectivity index (χ0v) is 15.3. The van der Waals surface area contributed by atoms with E-state index in [1.165, 1.54) is 11.8 Å². The molecule has 0 spiro atoms. The molecule has 1 aromatic heterocycles. The lowest BCUT2D eigenvalue weighted by atomic mass is 10.2. The van der Waals surface area contributed by atoms with Gasteiger partial charge in [0, 0.05) is 11.8 Å². The van der Waals surface area contributed by atoms with Crippen molar-refractivity contribution in [2.45, 2.75) is 23.9 Å². The maximum atomic E-state index is 12.5. The Kier molecular flexibility index (Phi) is 4.93. The third-order valence-corrected chi connectivity index (χ3v) is 5.04. The van der Waals surface area contributed by atoms with Crippen LogP contribution in [0, 0.1) is 0 Å². The molecule has 0 radical (unpaired) electrons. The third-order valence-electron chi connectivity index (χ3n) is 3.97. The number of carbonyl (C=O) groups is 1. The van der Waals surface area contributed by atoms with E-state index in [2.05, 4.69) is 20.8 Å². The minimum Gasteiger partial charge on any atom is -0.454 e. The molecule has 3 aromatic rings. The maximum Gasteiger partial charge on any atom is 0.237 e. The highest BCUT2D eigenvalue weighted by Crippen LogP contribution is 2.34. The van der Waals surface area contributed by atoms with Crippen LogP contribution in [-0.2, 0) is 11.3 Å². The zero-order chi connectivity index (χ0) is 18.6. The fourth-order valence-electron chi connectivity index (χ4n) is 2.57. The molecule has 1 N–H and O–H groups in total. The molecule has 0 saturated carbocycles. The van der Waals surface area contributed by atoms with Crippen LogP contribution in [0.15, 0.2) is 53.7 Å². The molecule has 9 heteroatoms. The van der Waals surface area contributed by atoms with Gasteiger partial charge < -0.3 is 14.8 Å². The van der Waals surface area contributed by atoms with E-state index in [1.54, 1.807) is 22.9 Å². The van der Waals surface area contributed by atoms with Crippen molar-refractivity contribution in [3.63, 3.8) is 0 Å². The van der Waals surface area contributed by atoms with Crippen LogP contribution in [-0.4, -0.2) is 38.2 Å². The number of hydrogen-bond acceptors (Lipinski definition) is 7. The molecule has 0 fully saturated rings. The first-order valence-corrected chi connectivity index (χ1v) is 9.24. The fourth-order valence-corrected chi connectivity index (χ4v) is 3.35. The van der Waals surface area contributed by atoms with E-state index in [-0.39, 0.29) is 18.0 Å². The lowest BCUT2D eigenvalue weighted by molar-refractivity contribution is -0.115. The quantitative estimate of drug-likeness (QED) is 0.654. The second-order valence-corrected chi connectivity index (χ2v) is 7.23. The van der Waals surface area contributed by atoms with Gasteiger partial charge in [-0.25, -0.2) is 4.68 Å². The Morgan fingerprint density at radius 2 is 2.04 bits per heavy atom. The topological polar surface area (TPSA) is 91.2 Å². The van der Waals surface area contributed by atoms with Crippen LogP contribution in [0.1, 0.15) is 12.5 Å². The molecule has 1 aliphatic rings. The number of rotatable bonds is 6. The molecule has 1 unspecified atom stereocenters. The SMILES string of the molecule is CC(Sc1nnnn1Cc1ccccc1)C(=O)Nc1ccc2c(c1)OCO2. The van der Waals surface area contributed by atoms with Crippen molar-refractivity contribution < 1.29 is 14.3 Å². The normalized spacial score (nSPS) is 13.4. The Morgan fingerprint density at radius 3 is 2.89 bits per heavy atom. The number of nitrogens with zero attached hydrogens (tertiary/aromatic N) is 4. The molecule has 1 atom stereocenters. The minimum absolute atomic E-state index is 0.145. The monoisotopic (exact) mass is 383 g/mol. The molecule has 0 bridgehead atoms. The molecule has 2 aromatic carbocycles. The fraction of sp³-hybridized carbons (Fsp3) is 0.222. The maximum absolute atomic E-state index is 12.5. The summed E-state index contributed by atoms with van der Waals surface area (Å²) in [4.78, 5) is 12.5. The molecular formula is C18H17N5O3S. The van der Waals surface area contributed by atoms with Crippen LogP contribution in [0.2, 0.25) is 0 Å². The summed E-state index contributed by atoms with van der Waals surface area (Å²) < 4.78 is 12.3. The van der Waals surface area contributed by atoms with Crippen molar-refractivity contribution in [3.05, 3.63) is 54.1 Å². The highest BCUT2D eigenvalue weighted by Gasteiger charge is 2.20. The number of anilines is 1. The van der Waals surface area contributed by atoms with Crippen molar-refractivity contribution in [1.29, 1.82) is 0 Å². The number of nitrogens with one attached hydrogen (secondary N) is 1. The summed E-state index contributed by atoms with van der Waals surface area (Å²) in [6, 6.07) is 15.2. The van der Waals surface area contributed by atoms with Gasteiger partial charge in [0.05, 0.1) is 11.8 Å². The predicted octanol–water partition coefficient (Wildman–Crippen LogP) is 2.57. The molecule has 0 aliphatic carbocycles. The first kappa shape index (κ1) is 17.3. The van der Waals surface area contributed by atoms with Crippen molar-refractivity contribution in [1.82, 2.24) is 20.2 Å². The number of benzene rings is 2. The van der Waals surface area contributed by atoms with Gasteiger partial charge >= 0.3 is 0 Å². The number of hydrogen-bond donors (Lipinski definition) is 1. The molecule has 1 amide bonds.